The molecule has 7 nitrogen and oxygen atoms in total. The van der Waals surface area contributed by atoms with E-state index in [0.717, 1.165) is 67.8 Å². The van der Waals surface area contributed by atoms with Gasteiger partial charge in [0.2, 0.25) is 5.91 Å². The fourth-order valence-electron chi connectivity index (χ4n) is 3.93. The van der Waals surface area contributed by atoms with E-state index in [2.05, 4.69) is 27.2 Å². The minimum atomic E-state index is -0.0619. The van der Waals surface area contributed by atoms with E-state index in [-0.39, 0.29) is 12.3 Å². The first-order valence-corrected chi connectivity index (χ1v) is 10.5. The number of carbonyl (C=O) groups excluding carboxylic acids is 1. The van der Waals surface area contributed by atoms with Crippen LogP contribution in [-0.2, 0) is 20.7 Å². The number of nitrogens with zero attached hydrogens (tertiary/aromatic N) is 2. The van der Waals surface area contributed by atoms with Crippen molar-refractivity contribution in [2.45, 2.75) is 6.42 Å². The normalized spacial score (nSPS) is 17.0. The largest absolute Gasteiger partial charge is 0.496 e. The van der Waals surface area contributed by atoms with Crippen LogP contribution in [0.1, 0.15) is 5.56 Å². The lowest BCUT2D eigenvalue weighted by Crippen LogP contribution is -2.38. The molecule has 2 aromatic rings. The Morgan fingerprint density at radius 3 is 2.33 bits per heavy atom. The van der Waals surface area contributed by atoms with Crippen LogP contribution in [0, 0.1) is 0 Å². The van der Waals surface area contributed by atoms with E-state index in [4.69, 9.17) is 14.2 Å². The Hall–Kier alpha value is -2.77. The van der Waals surface area contributed by atoms with Gasteiger partial charge in [0.05, 0.1) is 51.3 Å². The zero-order valence-corrected chi connectivity index (χ0v) is 17.4. The Morgan fingerprint density at radius 1 is 0.967 bits per heavy atom. The van der Waals surface area contributed by atoms with Crippen molar-refractivity contribution in [3.8, 4) is 5.75 Å². The SMILES string of the molecule is COc1ccccc1CC(=O)Nc1ccc(N2CCOCC2)cc1N1CCOCC1. The third kappa shape index (κ3) is 4.86. The molecule has 0 bridgehead atoms. The summed E-state index contributed by atoms with van der Waals surface area (Å²) in [4.78, 5) is 17.4. The molecule has 160 valence electrons. The molecule has 0 aliphatic carbocycles. The highest BCUT2D eigenvalue weighted by atomic mass is 16.5. The average Bonchev–Trinajstić information content (AvgIpc) is 2.81. The Morgan fingerprint density at radius 2 is 1.63 bits per heavy atom. The summed E-state index contributed by atoms with van der Waals surface area (Å²) in [6.07, 6.45) is 0.262. The van der Waals surface area contributed by atoms with Crippen LogP contribution in [0.2, 0.25) is 0 Å². The van der Waals surface area contributed by atoms with Crippen LogP contribution in [0.15, 0.2) is 42.5 Å². The van der Waals surface area contributed by atoms with Crippen molar-refractivity contribution in [2.24, 2.45) is 0 Å². The molecule has 1 amide bonds. The van der Waals surface area contributed by atoms with Crippen LogP contribution in [0.25, 0.3) is 0 Å². The van der Waals surface area contributed by atoms with Gasteiger partial charge in [0.25, 0.3) is 0 Å². The van der Waals surface area contributed by atoms with Crippen molar-refractivity contribution < 1.29 is 19.0 Å². The van der Waals surface area contributed by atoms with Gasteiger partial charge in [0.1, 0.15) is 5.75 Å². The number of hydrogen-bond donors (Lipinski definition) is 1. The van der Waals surface area contributed by atoms with Gasteiger partial charge in [-0.15, -0.1) is 0 Å². The zero-order valence-electron chi connectivity index (χ0n) is 17.4. The highest BCUT2D eigenvalue weighted by molar-refractivity contribution is 5.96. The summed E-state index contributed by atoms with van der Waals surface area (Å²) in [6.45, 7) is 6.23. The molecule has 4 rings (SSSR count). The van der Waals surface area contributed by atoms with Gasteiger partial charge in [-0.2, -0.15) is 0 Å². The molecule has 0 unspecified atom stereocenters. The number of anilines is 3. The third-order valence-corrected chi connectivity index (χ3v) is 5.53. The lowest BCUT2D eigenvalue weighted by atomic mass is 10.1. The topological polar surface area (TPSA) is 63.3 Å². The van der Waals surface area contributed by atoms with Gasteiger partial charge >= 0.3 is 0 Å². The number of carbonyl (C=O) groups is 1. The molecule has 0 atom stereocenters. The standard InChI is InChI=1S/C23H29N3O4/c1-28-22-5-3-2-4-18(22)16-23(27)24-20-7-6-19(25-8-12-29-13-9-25)17-21(20)26-10-14-30-15-11-26/h2-7,17H,8-16H2,1H3,(H,24,27). The van der Waals surface area contributed by atoms with E-state index in [1.165, 1.54) is 0 Å². The summed E-state index contributed by atoms with van der Waals surface area (Å²) in [5.74, 6) is 0.664. The first kappa shape index (κ1) is 20.5. The number of hydrogen-bond acceptors (Lipinski definition) is 6. The van der Waals surface area contributed by atoms with Gasteiger partial charge in [-0.05, 0) is 24.3 Å². The molecule has 7 heteroatoms. The molecule has 2 aliphatic rings. The summed E-state index contributed by atoms with van der Waals surface area (Å²) < 4.78 is 16.4. The minimum absolute atomic E-state index is 0.0619. The summed E-state index contributed by atoms with van der Waals surface area (Å²) >= 11 is 0. The number of benzene rings is 2. The van der Waals surface area contributed by atoms with Crippen LogP contribution in [0.3, 0.4) is 0 Å². The molecule has 0 radical (unpaired) electrons. The van der Waals surface area contributed by atoms with Crippen molar-refractivity contribution in [2.75, 3.05) is 74.8 Å². The molecule has 0 aromatic heterocycles. The summed E-state index contributed by atoms with van der Waals surface area (Å²) in [6, 6.07) is 13.9. The lowest BCUT2D eigenvalue weighted by molar-refractivity contribution is -0.115. The summed E-state index contributed by atoms with van der Waals surface area (Å²) in [7, 11) is 1.62. The van der Waals surface area contributed by atoms with Crippen molar-refractivity contribution >= 4 is 23.0 Å². The van der Waals surface area contributed by atoms with Gasteiger partial charge in [-0.3, -0.25) is 4.79 Å². The molecule has 30 heavy (non-hydrogen) atoms. The zero-order chi connectivity index (χ0) is 20.8. The smallest absolute Gasteiger partial charge is 0.228 e. The average molecular weight is 412 g/mol. The molecule has 2 saturated heterocycles. The van der Waals surface area contributed by atoms with E-state index in [9.17, 15) is 4.79 Å². The van der Waals surface area contributed by atoms with Crippen LogP contribution in [0.5, 0.6) is 5.75 Å². The Labute approximate surface area is 177 Å². The number of ether oxygens (including phenoxy) is 3. The second-order valence-electron chi connectivity index (χ2n) is 7.44. The highest BCUT2D eigenvalue weighted by Gasteiger charge is 2.20. The molecule has 2 aromatic carbocycles. The molecule has 0 spiro atoms. The lowest BCUT2D eigenvalue weighted by Gasteiger charge is -2.33. The van der Waals surface area contributed by atoms with Gasteiger partial charge < -0.3 is 29.3 Å². The maximum absolute atomic E-state index is 12.8. The van der Waals surface area contributed by atoms with Crippen LogP contribution in [-0.4, -0.2) is 65.6 Å². The maximum Gasteiger partial charge on any atom is 0.228 e. The Kier molecular flexibility index (Phi) is 6.71. The molecular weight excluding hydrogens is 382 g/mol. The highest BCUT2D eigenvalue weighted by Crippen LogP contribution is 2.32. The molecular formula is C23H29N3O4. The number of methoxy groups -OCH3 is 1. The molecule has 0 saturated carbocycles. The number of amides is 1. The molecule has 2 aliphatic heterocycles. The first-order chi connectivity index (χ1) is 14.7. The first-order valence-electron chi connectivity index (χ1n) is 10.5. The van der Waals surface area contributed by atoms with Crippen molar-refractivity contribution in [1.29, 1.82) is 0 Å². The van der Waals surface area contributed by atoms with Crippen molar-refractivity contribution in [1.82, 2.24) is 0 Å². The molecule has 2 heterocycles. The predicted octanol–water partition coefficient (Wildman–Crippen LogP) is 2.55. The van der Waals surface area contributed by atoms with E-state index in [1.807, 2.05) is 30.3 Å². The van der Waals surface area contributed by atoms with Gasteiger partial charge in [-0.25, -0.2) is 0 Å². The Bertz CT molecular complexity index is 861. The van der Waals surface area contributed by atoms with Gasteiger partial charge in [0.15, 0.2) is 0 Å². The second kappa shape index (κ2) is 9.82. The number of rotatable bonds is 6. The number of para-hydroxylation sites is 1. The van der Waals surface area contributed by atoms with Gasteiger partial charge in [0, 0.05) is 37.4 Å². The van der Waals surface area contributed by atoms with Crippen molar-refractivity contribution in [3.05, 3.63) is 48.0 Å². The fraction of sp³-hybridized carbons (Fsp3) is 0.435. The van der Waals surface area contributed by atoms with E-state index < -0.39 is 0 Å². The predicted molar refractivity (Wildman–Crippen MR) is 118 cm³/mol. The minimum Gasteiger partial charge on any atom is -0.496 e. The second-order valence-corrected chi connectivity index (χ2v) is 7.44. The van der Waals surface area contributed by atoms with E-state index >= 15 is 0 Å². The number of nitrogens with one attached hydrogen (secondary N) is 1. The molecule has 2 fully saturated rings. The quantitative estimate of drug-likeness (QED) is 0.788. The monoisotopic (exact) mass is 411 g/mol. The number of morpholine rings is 2. The van der Waals surface area contributed by atoms with Gasteiger partial charge in [-0.1, -0.05) is 18.2 Å². The molecule has 1 N–H and O–H groups in total. The Balaban J connectivity index is 1.55. The van der Waals surface area contributed by atoms with Crippen LogP contribution in [0.4, 0.5) is 17.1 Å². The summed E-state index contributed by atoms with van der Waals surface area (Å²) in [5, 5.41) is 3.12. The van der Waals surface area contributed by atoms with E-state index in [1.54, 1.807) is 7.11 Å². The van der Waals surface area contributed by atoms with Crippen LogP contribution < -0.4 is 19.9 Å². The van der Waals surface area contributed by atoms with E-state index in [0.29, 0.717) is 13.2 Å². The summed E-state index contributed by atoms with van der Waals surface area (Å²) in [5.41, 5.74) is 3.89. The van der Waals surface area contributed by atoms with Crippen LogP contribution >= 0.6 is 0 Å². The maximum atomic E-state index is 12.8. The fourth-order valence-corrected chi connectivity index (χ4v) is 3.93. The van der Waals surface area contributed by atoms with Crippen molar-refractivity contribution in [3.63, 3.8) is 0 Å². The third-order valence-electron chi connectivity index (χ3n) is 5.53.